The summed E-state index contributed by atoms with van der Waals surface area (Å²) in [6, 6.07) is 2.73. The topological polar surface area (TPSA) is 44.8 Å². The SMILES string of the molecule is CCOC(=O)C(C)(F)c1cc(OC)c(OC)cc1Cl. The van der Waals surface area contributed by atoms with Crippen molar-refractivity contribution in [1.29, 1.82) is 0 Å². The van der Waals surface area contributed by atoms with E-state index in [1.54, 1.807) is 6.92 Å². The lowest BCUT2D eigenvalue weighted by atomic mass is 9.97. The second-order valence-corrected chi connectivity index (χ2v) is 4.32. The van der Waals surface area contributed by atoms with E-state index in [4.69, 9.17) is 25.8 Å². The van der Waals surface area contributed by atoms with Crippen LogP contribution in [0.1, 0.15) is 19.4 Å². The molecule has 19 heavy (non-hydrogen) atoms. The predicted octanol–water partition coefficient (Wildman–Crippen LogP) is 3.11. The molecule has 0 N–H and O–H groups in total. The average Bonchev–Trinajstić information content (AvgIpc) is 2.38. The number of rotatable bonds is 5. The third-order valence-corrected chi connectivity index (χ3v) is 2.95. The molecule has 0 aromatic heterocycles. The number of carbonyl (C=O) groups is 1. The Morgan fingerprint density at radius 3 is 2.32 bits per heavy atom. The Morgan fingerprint density at radius 1 is 1.32 bits per heavy atom. The van der Waals surface area contributed by atoms with Crippen LogP contribution in [0.25, 0.3) is 0 Å². The van der Waals surface area contributed by atoms with Gasteiger partial charge in [0.25, 0.3) is 0 Å². The quantitative estimate of drug-likeness (QED) is 0.782. The van der Waals surface area contributed by atoms with Crippen LogP contribution in [0.2, 0.25) is 5.02 Å². The lowest BCUT2D eigenvalue weighted by molar-refractivity contribution is -0.156. The largest absolute Gasteiger partial charge is 0.493 e. The molecule has 0 heterocycles. The Hall–Kier alpha value is -1.49. The van der Waals surface area contributed by atoms with Crippen molar-refractivity contribution in [3.05, 3.63) is 22.7 Å². The number of hydrogen-bond donors (Lipinski definition) is 0. The van der Waals surface area contributed by atoms with Crippen molar-refractivity contribution in [2.75, 3.05) is 20.8 Å². The Kier molecular flexibility index (Phi) is 5.00. The van der Waals surface area contributed by atoms with Gasteiger partial charge in [-0.25, -0.2) is 9.18 Å². The standard InChI is InChI=1S/C13H16ClFO4/c1-5-19-12(16)13(2,15)8-6-10(17-3)11(18-4)7-9(8)14/h6-7H,5H2,1-4H3. The summed E-state index contributed by atoms with van der Waals surface area (Å²) in [5, 5.41) is 0.0655. The maximum Gasteiger partial charge on any atom is 0.348 e. The Labute approximate surface area is 116 Å². The first-order valence-electron chi connectivity index (χ1n) is 5.66. The van der Waals surface area contributed by atoms with Gasteiger partial charge in [-0.1, -0.05) is 11.6 Å². The minimum absolute atomic E-state index is 0.0229. The van der Waals surface area contributed by atoms with E-state index in [1.807, 2.05) is 0 Å². The molecule has 0 spiro atoms. The van der Waals surface area contributed by atoms with E-state index < -0.39 is 11.6 Å². The molecule has 106 valence electrons. The molecule has 1 unspecified atom stereocenters. The first kappa shape index (κ1) is 15.6. The van der Waals surface area contributed by atoms with Crippen LogP contribution in [0.4, 0.5) is 4.39 Å². The predicted molar refractivity (Wildman–Crippen MR) is 69.6 cm³/mol. The van der Waals surface area contributed by atoms with Crippen LogP contribution in [-0.2, 0) is 15.2 Å². The van der Waals surface area contributed by atoms with E-state index in [0.717, 1.165) is 6.92 Å². The van der Waals surface area contributed by atoms with E-state index in [1.165, 1.54) is 26.4 Å². The molecule has 6 heteroatoms. The van der Waals surface area contributed by atoms with Crippen LogP contribution < -0.4 is 9.47 Å². The zero-order valence-electron chi connectivity index (χ0n) is 11.3. The van der Waals surface area contributed by atoms with Crippen molar-refractivity contribution in [2.45, 2.75) is 19.5 Å². The van der Waals surface area contributed by atoms with Gasteiger partial charge in [-0.05, 0) is 19.9 Å². The van der Waals surface area contributed by atoms with Gasteiger partial charge in [0, 0.05) is 11.6 Å². The smallest absolute Gasteiger partial charge is 0.348 e. The second kappa shape index (κ2) is 6.10. The van der Waals surface area contributed by atoms with Crippen molar-refractivity contribution >= 4 is 17.6 Å². The van der Waals surface area contributed by atoms with Gasteiger partial charge in [-0.3, -0.25) is 0 Å². The molecule has 0 saturated carbocycles. The van der Waals surface area contributed by atoms with Crippen molar-refractivity contribution in [2.24, 2.45) is 0 Å². The number of ether oxygens (including phenoxy) is 3. The van der Waals surface area contributed by atoms with Gasteiger partial charge in [0.2, 0.25) is 5.67 Å². The van der Waals surface area contributed by atoms with Gasteiger partial charge >= 0.3 is 5.97 Å². The van der Waals surface area contributed by atoms with Crippen LogP contribution in [0.15, 0.2) is 12.1 Å². The van der Waals surface area contributed by atoms with Crippen LogP contribution in [0.5, 0.6) is 11.5 Å². The zero-order valence-corrected chi connectivity index (χ0v) is 12.0. The van der Waals surface area contributed by atoms with E-state index in [0.29, 0.717) is 5.75 Å². The molecular weight excluding hydrogens is 275 g/mol. The highest BCUT2D eigenvalue weighted by Crippen LogP contribution is 2.40. The molecule has 0 aliphatic heterocycles. The molecule has 0 fully saturated rings. The molecule has 1 aromatic carbocycles. The number of alkyl halides is 1. The van der Waals surface area contributed by atoms with Gasteiger partial charge < -0.3 is 14.2 Å². The monoisotopic (exact) mass is 290 g/mol. The zero-order chi connectivity index (χ0) is 14.6. The van der Waals surface area contributed by atoms with Crippen LogP contribution in [0.3, 0.4) is 0 Å². The Bertz CT molecular complexity index is 474. The summed E-state index contributed by atoms with van der Waals surface area (Å²) in [6.45, 7) is 2.78. The van der Waals surface area contributed by atoms with Gasteiger partial charge in [-0.15, -0.1) is 0 Å². The fourth-order valence-electron chi connectivity index (χ4n) is 1.59. The minimum atomic E-state index is -2.35. The highest BCUT2D eigenvalue weighted by molar-refractivity contribution is 6.32. The number of hydrogen-bond acceptors (Lipinski definition) is 4. The number of carbonyl (C=O) groups excluding carboxylic acids is 1. The van der Waals surface area contributed by atoms with Gasteiger partial charge in [0.1, 0.15) is 0 Å². The average molecular weight is 291 g/mol. The highest BCUT2D eigenvalue weighted by Gasteiger charge is 2.39. The van der Waals surface area contributed by atoms with Crippen LogP contribution in [-0.4, -0.2) is 26.8 Å². The third kappa shape index (κ3) is 3.10. The molecule has 0 bridgehead atoms. The number of benzene rings is 1. The summed E-state index contributed by atoms with van der Waals surface area (Å²) in [5.74, 6) is -0.352. The number of esters is 1. The lowest BCUT2D eigenvalue weighted by Gasteiger charge is -2.21. The molecule has 4 nitrogen and oxygen atoms in total. The van der Waals surface area contributed by atoms with Gasteiger partial charge in [0.05, 0.1) is 25.8 Å². The van der Waals surface area contributed by atoms with E-state index >= 15 is 0 Å². The molecule has 1 rings (SSSR count). The fraction of sp³-hybridized carbons (Fsp3) is 0.462. The lowest BCUT2D eigenvalue weighted by Crippen LogP contribution is -2.30. The highest BCUT2D eigenvalue weighted by atomic mass is 35.5. The van der Waals surface area contributed by atoms with Crippen molar-refractivity contribution in [3.63, 3.8) is 0 Å². The summed E-state index contributed by atoms with van der Waals surface area (Å²) >= 11 is 5.98. The molecule has 0 radical (unpaired) electrons. The van der Waals surface area contributed by atoms with Crippen molar-refractivity contribution in [3.8, 4) is 11.5 Å². The normalized spacial score (nSPS) is 13.6. The fourth-order valence-corrected chi connectivity index (χ4v) is 1.92. The van der Waals surface area contributed by atoms with Crippen molar-refractivity contribution < 1.29 is 23.4 Å². The van der Waals surface area contributed by atoms with E-state index in [2.05, 4.69) is 0 Å². The molecule has 0 aliphatic carbocycles. The summed E-state index contributed by atoms with van der Waals surface area (Å²) in [7, 11) is 2.85. The van der Waals surface area contributed by atoms with Crippen LogP contribution in [0, 0.1) is 0 Å². The molecule has 1 aromatic rings. The van der Waals surface area contributed by atoms with E-state index in [-0.39, 0.29) is 22.9 Å². The van der Waals surface area contributed by atoms with Gasteiger partial charge in [-0.2, -0.15) is 0 Å². The maximum atomic E-state index is 14.6. The van der Waals surface area contributed by atoms with E-state index in [9.17, 15) is 9.18 Å². The summed E-state index contributed by atoms with van der Waals surface area (Å²) in [5.41, 5.74) is -2.38. The third-order valence-electron chi connectivity index (χ3n) is 2.64. The molecular formula is C13H16ClFO4. The maximum absolute atomic E-state index is 14.6. The van der Waals surface area contributed by atoms with Gasteiger partial charge in [0.15, 0.2) is 11.5 Å². The molecule has 0 aliphatic rings. The molecule has 0 amide bonds. The van der Waals surface area contributed by atoms with Crippen LogP contribution >= 0.6 is 11.6 Å². The molecule has 1 atom stereocenters. The number of halogens is 2. The summed E-state index contributed by atoms with van der Waals surface area (Å²) in [4.78, 5) is 11.6. The molecule has 0 saturated heterocycles. The number of methoxy groups -OCH3 is 2. The second-order valence-electron chi connectivity index (χ2n) is 3.91. The Morgan fingerprint density at radius 2 is 1.84 bits per heavy atom. The first-order chi connectivity index (χ1) is 8.88. The summed E-state index contributed by atoms with van der Waals surface area (Å²) in [6.07, 6.45) is 0. The first-order valence-corrected chi connectivity index (χ1v) is 6.04. The van der Waals surface area contributed by atoms with Crippen molar-refractivity contribution in [1.82, 2.24) is 0 Å². The Balaban J connectivity index is 3.30. The summed E-state index contributed by atoms with van der Waals surface area (Å²) < 4.78 is 29.4. The minimum Gasteiger partial charge on any atom is -0.493 e.